The lowest BCUT2D eigenvalue weighted by Crippen LogP contribution is -2.37. The fraction of sp³-hybridized carbons (Fsp3) is 0.758. The molecule has 5 heteroatoms. The van der Waals surface area contributed by atoms with Crippen LogP contribution in [-0.4, -0.2) is 26.4 Å². The molecule has 4 aliphatic rings. The van der Waals surface area contributed by atoms with Crippen molar-refractivity contribution in [3.8, 4) is 0 Å². The highest BCUT2D eigenvalue weighted by Gasteiger charge is 2.37. The van der Waals surface area contributed by atoms with Gasteiger partial charge in [0.1, 0.15) is 0 Å². The van der Waals surface area contributed by atoms with E-state index in [4.69, 9.17) is 9.47 Å². The first kappa shape index (κ1) is 29.4. The van der Waals surface area contributed by atoms with Crippen molar-refractivity contribution in [2.75, 3.05) is 20.3 Å². The van der Waals surface area contributed by atoms with Crippen LogP contribution in [0.2, 0.25) is 0 Å². The minimum Gasteiger partial charge on any atom is -0.494 e. The summed E-state index contributed by atoms with van der Waals surface area (Å²) < 4.78 is 44.6. The van der Waals surface area contributed by atoms with Crippen molar-refractivity contribution in [2.24, 2.45) is 41.4 Å². The summed E-state index contributed by atoms with van der Waals surface area (Å²) in [5.74, 6) is 2.21. The largest absolute Gasteiger partial charge is 0.494 e. The van der Waals surface area contributed by atoms with Crippen LogP contribution < -0.4 is 0 Å². The topological polar surface area (TPSA) is 27.7 Å². The molecule has 38 heavy (non-hydrogen) atoms. The van der Waals surface area contributed by atoms with Crippen molar-refractivity contribution in [3.05, 3.63) is 49.0 Å². The van der Waals surface area contributed by atoms with Gasteiger partial charge in [0.15, 0.2) is 11.5 Å². The first-order valence-electron chi connectivity index (χ1n) is 15.2. The van der Waals surface area contributed by atoms with Gasteiger partial charge < -0.3 is 14.2 Å². The van der Waals surface area contributed by atoms with Crippen LogP contribution in [0, 0.1) is 41.4 Å². The Morgan fingerprint density at radius 3 is 1.74 bits per heavy atom. The lowest BCUT2D eigenvalue weighted by atomic mass is 9.66. The fourth-order valence-electron chi connectivity index (χ4n) is 7.82. The molecular weight excluding hydrogens is 482 g/mol. The molecule has 1 saturated heterocycles. The molecule has 0 bridgehead atoms. The normalized spacial score (nSPS) is 37.0. The monoisotopic (exact) mass is 532 g/mol. The quantitative estimate of drug-likeness (QED) is 0.159. The van der Waals surface area contributed by atoms with E-state index in [1.807, 2.05) is 0 Å². The van der Waals surface area contributed by atoms with Crippen molar-refractivity contribution < 1.29 is 23.0 Å². The molecule has 2 unspecified atom stereocenters. The Balaban J connectivity index is 1.11. The zero-order valence-corrected chi connectivity index (χ0v) is 23.6. The lowest BCUT2D eigenvalue weighted by Gasteiger charge is -2.43. The molecule has 214 valence electrons. The molecular formula is C33H50F2O3. The first-order chi connectivity index (χ1) is 18.4. The number of hydrogen-bond acceptors (Lipinski definition) is 3. The summed E-state index contributed by atoms with van der Waals surface area (Å²) in [6.07, 6.45) is 20.5. The van der Waals surface area contributed by atoms with Gasteiger partial charge >= 0.3 is 0 Å². The van der Waals surface area contributed by atoms with E-state index in [1.54, 1.807) is 0 Å². The molecule has 3 saturated carbocycles. The Labute approximate surface area is 229 Å². The van der Waals surface area contributed by atoms with Gasteiger partial charge in [-0.1, -0.05) is 19.2 Å². The standard InChI is InChI=1S/C33H50F2O3/c1-5-24-6-12-29(13-7-24)31-19-18-30(21-38-31)28-16-14-27(15-17-28)26-10-8-25(9-11-26)20-37-23(3)33(35)32(34)22(2)36-4/h5,24-31H,1-3,6-21H2,4H3/b33-32-. The van der Waals surface area contributed by atoms with E-state index < -0.39 is 11.7 Å². The molecule has 3 nitrogen and oxygen atoms in total. The van der Waals surface area contributed by atoms with E-state index in [1.165, 1.54) is 84.2 Å². The molecule has 0 aromatic rings. The van der Waals surface area contributed by atoms with Gasteiger partial charge in [0.2, 0.25) is 11.7 Å². The molecule has 1 aliphatic heterocycles. The van der Waals surface area contributed by atoms with Crippen LogP contribution in [0.1, 0.15) is 89.9 Å². The van der Waals surface area contributed by atoms with Gasteiger partial charge in [0.25, 0.3) is 0 Å². The van der Waals surface area contributed by atoms with Gasteiger partial charge in [-0.05, 0) is 131 Å². The van der Waals surface area contributed by atoms with E-state index in [0.29, 0.717) is 18.6 Å². The Morgan fingerprint density at radius 2 is 1.21 bits per heavy atom. The Hall–Kier alpha value is -1.62. The number of rotatable bonds is 10. The predicted octanol–water partition coefficient (Wildman–Crippen LogP) is 9.23. The molecule has 0 radical (unpaired) electrons. The molecule has 2 atom stereocenters. The number of hydrogen-bond donors (Lipinski definition) is 0. The zero-order chi connectivity index (χ0) is 27.1. The first-order valence-corrected chi connectivity index (χ1v) is 15.2. The highest BCUT2D eigenvalue weighted by Crippen LogP contribution is 2.45. The smallest absolute Gasteiger partial charge is 0.203 e. The predicted molar refractivity (Wildman–Crippen MR) is 149 cm³/mol. The van der Waals surface area contributed by atoms with E-state index in [0.717, 1.165) is 55.0 Å². The van der Waals surface area contributed by atoms with Crippen LogP contribution in [-0.2, 0) is 14.2 Å². The number of ether oxygens (including phenoxy) is 3. The summed E-state index contributed by atoms with van der Waals surface area (Å²) >= 11 is 0. The number of methoxy groups -OCH3 is 1. The molecule has 0 aromatic carbocycles. The van der Waals surface area contributed by atoms with Crippen molar-refractivity contribution in [1.82, 2.24) is 0 Å². The van der Waals surface area contributed by atoms with Crippen molar-refractivity contribution in [2.45, 2.75) is 96.0 Å². The second-order valence-electron chi connectivity index (χ2n) is 12.6. The highest BCUT2D eigenvalue weighted by molar-refractivity contribution is 5.29. The second kappa shape index (κ2) is 14.1. The summed E-state index contributed by atoms with van der Waals surface area (Å²) in [4.78, 5) is 0. The van der Waals surface area contributed by atoms with E-state index in [9.17, 15) is 8.78 Å². The summed E-state index contributed by atoms with van der Waals surface area (Å²) in [5, 5.41) is 0. The average molecular weight is 533 g/mol. The van der Waals surface area contributed by atoms with Crippen LogP contribution in [0.25, 0.3) is 0 Å². The second-order valence-corrected chi connectivity index (χ2v) is 12.6. The lowest BCUT2D eigenvalue weighted by molar-refractivity contribution is -0.0739. The van der Waals surface area contributed by atoms with Crippen LogP contribution >= 0.6 is 0 Å². The number of allylic oxidation sites excluding steroid dienone is 3. The van der Waals surface area contributed by atoms with E-state index >= 15 is 0 Å². The van der Waals surface area contributed by atoms with Gasteiger partial charge in [-0.3, -0.25) is 0 Å². The van der Waals surface area contributed by atoms with E-state index in [2.05, 4.69) is 30.5 Å². The van der Waals surface area contributed by atoms with Crippen LogP contribution in [0.3, 0.4) is 0 Å². The molecule has 0 amide bonds. The third kappa shape index (κ3) is 7.52. The highest BCUT2D eigenvalue weighted by atomic mass is 19.2. The van der Waals surface area contributed by atoms with Crippen LogP contribution in [0.5, 0.6) is 0 Å². The minimum atomic E-state index is -1.15. The van der Waals surface area contributed by atoms with Gasteiger partial charge in [0, 0.05) is 0 Å². The van der Waals surface area contributed by atoms with Crippen LogP contribution in [0.15, 0.2) is 49.0 Å². The Bertz CT molecular complexity index is 819. The maximum absolute atomic E-state index is 14.1. The SMILES string of the molecule is C=CC1CCC(C2CCC(C3CCC(C4CCC(COC(=C)/C(F)=C(/F)C(=C)OC)CC4)CC3)CO2)CC1. The molecule has 0 spiro atoms. The Kier molecular flexibility index (Phi) is 10.9. The van der Waals surface area contributed by atoms with Crippen molar-refractivity contribution >= 4 is 0 Å². The molecule has 0 aromatic heterocycles. The third-order valence-corrected chi connectivity index (χ3v) is 10.5. The number of halogens is 2. The molecule has 1 heterocycles. The summed E-state index contributed by atoms with van der Waals surface area (Å²) in [6.45, 7) is 12.2. The van der Waals surface area contributed by atoms with Crippen LogP contribution in [0.4, 0.5) is 8.78 Å². The molecule has 4 fully saturated rings. The summed E-state index contributed by atoms with van der Waals surface area (Å²) in [5.41, 5.74) is 0. The van der Waals surface area contributed by atoms with Crippen molar-refractivity contribution in [1.29, 1.82) is 0 Å². The molecule has 3 aliphatic carbocycles. The minimum absolute atomic E-state index is 0.278. The maximum atomic E-state index is 14.1. The summed E-state index contributed by atoms with van der Waals surface area (Å²) in [7, 11) is 1.25. The van der Waals surface area contributed by atoms with Gasteiger partial charge in [-0.25, -0.2) is 0 Å². The maximum Gasteiger partial charge on any atom is 0.203 e. The zero-order valence-electron chi connectivity index (χ0n) is 23.6. The van der Waals surface area contributed by atoms with Gasteiger partial charge in [-0.2, -0.15) is 8.78 Å². The van der Waals surface area contributed by atoms with Gasteiger partial charge in [0.05, 0.1) is 26.4 Å². The Morgan fingerprint density at radius 1 is 0.711 bits per heavy atom. The third-order valence-electron chi connectivity index (χ3n) is 10.5. The average Bonchev–Trinajstić information content (AvgIpc) is 2.99. The fourth-order valence-corrected chi connectivity index (χ4v) is 7.82. The van der Waals surface area contributed by atoms with Gasteiger partial charge in [-0.15, -0.1) is 6.58 Å². The molecule has 0 N–H and O–H groups in total. The molecule has 4 rings (SSSR count). The van der Waals surface area contributed by atoms with Crippen molar-refractivity contribution in [3.63, 3.8) is 0 Å². The van der Waals surface area contributed by atoms with E-state index in [-0.39, 0.29) is 11.5 Å². The summed E-state index contributed by atoms with van der Waals surface area (Å²) in [6, 6.07) is 0.